The van der Waals surface area contributed by atoms with Gasteiger partial charge in [0.1, 0.15) is 16.2 Å². The summed E-state index contributed by atoms with van der Waals surface area (Å²) in [7, 11) is 0. The molecule has 3 heterocycles. The van der Waals surface area contributed by atoms with Gasteiger partial charge in [-0.25, -0.2) is 4.98 Å². The zero-order chi connectivity index (χ0) is 13.2. The molecule has 0 aromatic carbocycles. The van der Waals surface area contributed by atoms with Crippen molar-refractivity contribution in [3.05, 3.63) is 35.6 Å². The smallest absolute Gasteiger partial charge is 0.180 e. The van der Waals surface area contributed by atoms with Crippen molar-refractivity contribution >= 4 is 28.7 Å². The summed E-state index contributed by atoms with van der Waals surface area (Å²) >= 11 is 3.06. The van der Waals surface area contributed by atoms with Gasteiger partial charge in [-0.1, -0.05) is 17.4 Å². The quantitative estimate of drug-likeness (QED) is 0.798. The Labute approximate surface area is 118 Å². The fourth-order valence-electron chi connectivity index (χ4n) is 1.89. The Kier molecular flexibility index (Phi) is 3.50. The van der Waals surface area contributed by atoms with Crippen LogP contribution in [0.1, 0.15) is 12.6 Å². The van der Waals surface area contributed by atoms with E-state index in [-0.39, 0.29) is 6.04 Å². The van der Waals surface area contributed by atoms with E-state index >= 15 is 0 Å². The van der Waals surface area contributed by atoms with Gasteiger partial charge in [0, 0.05) is 18.7 Å². The highest BCUT2D eigenvalue weighted by Gasteiger charge is 2.15. The summed E-state index contributed by atoms with van der Waals surface area (Å²) in [6.45, 7) is 2.00. The molecule has 0 bridgehead atoms. The third-order valence-corrected chi connectivity index (χ3v) is 4.43. The van der Waals surface area contributed by atoms with Gasteiger partial charge in [-0.3, -0.25) is 0 Å². The van der Waals surface area contributed by atoms with Crippen molar-refractivity contribution in [3.8, 4) is 0 Å². The summed E-state index contributed by atoms with van der Waals surface area (Å²) in [6, 6.07) is 6.07. The van der Waals surface area contributed by atoms with Gasteiger partial charge < -0.3 is 10.1 Å². The highest BCUT2D eigenvalue weighted by Crippen LogP contribution is 2.31. The van der Waals surface area contributed by atoms with Crippen LogP contribution in [0.5, 0.6) is 0 Å². The van der Waals surface area contributed by atoms with Crippen LogP contribution in [0.15, 0.2) is 39.3 Å². The molecule has 3 aromatic heterocycles. The maximum absolute atomic E-state index is 5.94. The molecule has 2 N–H and O–H groups in total. The average Bonchev–Trinajstić information content (AvgIpc) is 2.99. The Bertz CT molecular complexity index is 675. The second kappa shape index (κ2) is 5.28. The Morgan fingerprint density at radius 2 is 2.37 bits per heavy atom. The lowest BCUT2D eigenvalue weighted by molar-refractivity contribution is 0.705. The van der Waals surface area contributed by atoms with E-state index in [0.717, 1.165) is 27.1 Å². The predicted molar refractivity (Wildman–Crippen MR) is 76.6 cm³/mol. The third-order valence-electron chi connectivity index (χ3n) is 2.63. The van der Waals surface area contributed by atoms with Crippen molar-refractivity contribution < 1.29 is 0 Å². The van der Waals surface area contributed by atoms with E-state index in [0.29, 0.717) is 0 Å². The van der Waals surface area contributed by atoms with Crippen LogP contribution in [0.25, 0.3) is 5.65 Å². The van der Waals surface area contributed by atoms with Crippen molar-refractivity contribution in [2.45, 2.75) is 28.8 Å². The van der Waals surface area contributed by atoms with Gasteiger partial charge in [0.15, 0.2) is 4.34 Å². The first-order chi connectivity index (χ1) is 9.24. The Morgan fingerprint density at radius 1 is 1.47 bits per heavy atom. The van der Waals surface area contributed by atoms with Crippen molar-refractivity contribution in [1.82, 2.24) is 19.6 Å². The van der Waals surface area contributed by atoms with Crippen LogP contribution in [0, 0.1) is 0 Å². The van der Waals surface area contributed by atoms with Crippen molar-refractivity contribution in [2.75, 3.05) is 0 Å². The fraction of sp³-hybridized carbons (Fsp3) is 0.250. The summed E-state index contributed by atoms with van der Waals surface area (Å²) < 4.78 is 2.99. The molecule has 0 aliphatic heterocycles. The molecule has 3 aromatic rings. The minimum atomic E-state index is 0.0916. The lowest BCUT2D eigenvalue weighted by atomic mass is 10.2. The average molecular weight is 291 g/mol. The molecule has 1 atom stereocenters. The van der Waals surface area contributed by atoms with Gasteiger partial charge in [0.25, 0.3) is 0 Å². The number of imidazole rings is 1. The summed E-state index contributed by atoms with van der Waals surface area (Å²) in [5, 5.41) is 8.86. The molecule has 0 fully saturated rings. The lowest BCUT2D eigenvalue weighted by Crippen LogP contribution is -2.19. The zero-order valence-electron chi connectivity index (χ0n) is 10.4. The van der Waals surface area contributed by atoms with E-state index in [1.54, 1.807) is 17.3 Å². The standard InChI is InChI=1S/C12H13N5S2/c1-8(13)6-9-11(19-12-16-14-7-18-12)15-10-4-2-3-5-17(9)10/h2-5,7-8H,6,13H2,1H3. The fourth-order valence-corrected chi connectivity index (χ4v) is 3.42. The van der Waals surface area contributed by atoms with Gasteiger partial charge >= 0.3 is 0 Å². The molecule has 0 amide bonds. The first kappa shape index (κ1) is 12.6. The molecule has 0 aliphatic carbocycles. The number of rotatable bonds is 4. The molecule has 98 valence electrons. The first-order valence-corrected chi connectivity index (χ1v) is 7.59. The van der Waals surface area contributed by atoms with Gasteiger partial charge in [-0.05, 0) is 30.8 Å². The topological polar surface area (TPSA) is 69.1 Å². The van der Waals surface area contributed by atoms with Gasteiger partial charge in [-0.2, -0.15) is 0 Å². The SMILES string of the molecule is CC(N)Cc1c(Sc2nncs2)nc2ccccn12. The number of hydrogen-bond acceptors (Lipinski definition) is 6. The maximum atomic E-state index is 5.94. The second-order valence-electron chi connectivity index (χ2n) is 4.28. The Morgan fingerprint density at radius 3 is 3.11 bits per heavy atom. The number of nitrogens with two attached hydrogens (primary N) is 1. The van der Waals surface area contributed by atoms with Gasteiger partial charge in [0.2, 0.25) is 0 Å². The Balaban J connectivity index is 2.06. The summed E-state index contributed by atoms with van der Waals surface area (Å²) in [5.41, 5.74) is 9.73. The molecular formula is C12H13N5S2. The second-order valence-corrected chi connectivity index (χ2v) is 6.35. The van der Waals surface area contributed by atoms with E-state index in [4.69, 9.17) is 5.73 Å². The molecule has 0 radical (unpaired) electrons. The molecule has 0 aliphatic rings. The van der Waals surface area contributed by atoms with Crippen LogP contribution in [-0.4, -0.2) is 25.6 Å². The third kappa shape index (κ3) is 2.63. The molecule has 7 heteroatoms. The van der Waals surface area contributed by atoms with Crippen LogP contribution in [-0.2, 0) is 6.42 Å². The van der Waals surface area contributed by atoms with Crippen molar-refractivity contribution in [1.29, 1.82) is 0 Å². The highest BCUT2D eigenvalue weighted by molar-refractivity contribution is 8.01. The number of fused-ring (bicyclic) bond motifs is 1. The predicted octanol–water partition coefficient (Wildman–Crippen LogP) is 2.23. The summed E-state index contributed by atoms with van der Waals surface area (Å²) in [4.78, 5) is 4.65. The summed E-state index contributed by atoms with van der Waals surface area (Å²) in [5.74, 6) is 0. The van der Waals surface area contributed by atoms with Crippen LogP contribution < -0.4 is 5.73 Å². The molecule has 0 saturated carbocycles. The lowest BCUT2D eigenvalue weighted by Gasteiger charge is -2.06. The maximum Gasteiger partial charge on any atom is 0.180 e. The van der Waals surface area contributed by atoms with Gasteiger partial charge in [-0.15, -0.1) is 10.2 Å². The minimum absolute atomic E-state index is 0.0916. The van der Waals surface area contributed by atoms with Crippen LogP contribution >= 0.6 is 23.1 Å². The van der Waals surface area contributed by atoms with E-state index in [1.807, 2.05) is 31.3 Å². The van der Waals surface area contributed by atoms with Crippen molar-refractivity contribution in [3.63, 3.8) is 0 Å². The van der Waals surface area contributed by atoms with E-state index in [1.165, 1.54) is 11.3 Å². The highest BCUT2D eigenvalue weighted by atomic mass is 32.2. The first-order valence-electron chi connectivity index (χ1n) is 5.89. The normalized spacial score (nSPS) is 12.9. The van der Waals surface area contributed by atoms with Gasteiger partial charge in [0.05, 0.1) is 5.69 Å². The number of hydrogen-bond donors (Lipinski definition) is 1. The molecule has 19 heavy (non-hydrogen) atoms. The van der Waals surface area contributed by atoms with Crippen LogP contribution in [0.2, 0.25) is 0 Å². The molecule has 5 nitrogen and oxygen atoms in total. The number of pyridine rings is 1. The number of nitrogens with zero attached hydrogens (tertiary/aromatic N) is 4. The Hall–Kier alpha value is -1.44. The zero-order valence-corrected chi connectivity index (χ0v) is 12.0. The molecule has 0 spiro atoms. The number of aromatic nitrogens is 4. The summed E-state index contributed by atoms with van der Waals surface area (Å²) in [6.07, 6.45) is 2.80. The molecular weight excluding hydrogens is 278 g/mol. The minimum Gasteiger partial charge on any atom is -0.328 e. The molecule has 0 saturated heterocycles. The molecule has 1 unspecified atom stereocenters. The van der Waals surface area contributed by atoms with Crippen molar-refractivity contribution in [2.24, 2.45) is 5.73 Å². The largest absolute Gasteiger partial charge is 0.328 e. The van der Waals surface area contributed by atoms with Crippen LogP contribution in [0.3, 0.4) is 0 Å². The van der Waals surface area contributed by atoms with E-state index in [2.05, 4.69) is 19.6 Å². The van der Waals surface area contributed by atoms with Crippen LogP contribution in [0.4, 0.5) is 0 Å². The monoisotopic (exact) mass is 291 g/mol. The molecule has 3 rings (SSSR count). The van der Waals surface area contributed by atoms with E-state index in [9.17, 15) is 0 Å². The van der Waals surface area contributed by atoms with E-state index < -0.39 is 0 Å².